The summed E-state index contributed by atoms with van der Waals surface area (Å²) in [6, 6.07) is -9.30. The minimum Gasteiger partial charge on any atom is -0.508 e. The Labute approximate surface area is 733 Å². The molecular weight excluding hydrogens is 1660 g/mol. The summed E-state index contributed by atoms with van der Waals surface area (Å²) >= 11 is 0. The van der Waals surface area contributed by atoms with Crippen LogP contribution in [0.15, 0.2) is 61.1 Å². The lowest BCUT2D eigenvalue weighted by atomic mass is 9.99. The maximum atomic E-state index is 15.2. The van der Waals surface area contributed by atoms with Crippen molar-refractivity contribution in [2.45, 2.75) is 242 Å². The van der Waals surface area contributed by atoms with E-state index in [1.807, 2.05) is 0 Å². The van der Waals surface area contributed by atoms with Crippen molar-refractivity contribution in [1.82, 2.24) is 100 Å². The number of hydrogen-bond donors (Lipinski definition) is 29. The van der Waals surface area contributed by atoms with Crippen molar-refractivity contribution in [3.63, 3.8) is 0 Å². The van der Waals surface area contributed by atoms with Crippen LogP contribution in [0.4, 0.5) is 0 Å². The van der Waals surface area contributed by atoms with Gasteiger partial charge in [0.15, 0.2) is 17.9 Å². The molecule has 47 nitrogen and oxygen atoms in total. The van der Waals surface area contributed by atoms with E-state index in [1.165, 1.54) is 74.9 Å². The van der Waals surface area contributed by atoms with Crippen LogP contribution >= 0.6 is 0 Å². The maximum absolute atomic E-state index is 15.2. The van der Waals surface area contributed by atoms with Gasteiger partial charge >= 0.3 is 0 Å². The molecule has 35 N–H and O–H groups in total. The summed E-state index contributed by atoms with van der Waals surface area (Å²) in [5.41, 5.74) is 34.6. The van der Waals surface area contributed by atoms with Crippen molar-refractivity contribution < 1.29 is 91.7 Å². The number of primary amides is 3. The number of nitrogens with zero attached hydrogens (tertiary/aromatic N) is 1. The third-order valence-corrected chi connectivity index (χ3v) is 19.8. The SMILES string of the molecule is CC(=O)CN[C@@H](C)C(=O)N[C@@H](CCCNC(=N)N)C(=O)N[C@@H](Cc1cnc[nH]1)C(=O)N[C@@H](Cc1ccc(O)cc1)C(=O)N[C@H]1CCCCNC(=O)CC[C@@H](C(=O)N[C@@H](CCCNC(=N)N)C(=O)N[C@@H](CCC(N)=O)C(=O)N[C@@H](CCCNC(=N)N)C(=O)N[C@@H](Cc2ccc(O)cc2)C(N)=O)NC(=O)[C@H](CC(C)C)NC(=O)[C@H](CC(C)C)NC(=O)[C@H](CC(N)=O)NC1=O. The zero-order valence-electron chi connectivity index (χ0n) is 72.2. The standard InChI is InChI=1S/C80H126N28O19/c1-41(2)32-57-73(123)102-55(72(122)98-52(14-10-30-93-79(86)87)67(117)101-54(24-26-62(81)112)71(121)99-53(15-11-31-94-80(88)89)68(118)103-56(65(83)115)34-45-16-20-48(110)21-17-45)25-27-64(114)91-28-8-7-12-50(69(119)108-61(37-63(82)113)77(127)105-58(33-42(3)4)74(124)104-57)100-75(125)59(35-46-18-22-49(111)23-19-46)106-76(126)60(36-47-39-90-40-96-47)107-70(120)51(13-9-29-92-78(84)85)97-66(116)44(6)95-38-43(5)109/h16-23,39-42,44,50-61,95,110-111H,7-15,24-38H2,1-6H3,(H2,81,112)(H2,82,113)(H2,83,115)(H,90,96)(H,91,114)(H,97,116)(H,98,122)(H,99,121)(H,100,125)(H,101,117)(H,102,123)(H,103,118)(H,104,124)(H,105,127)(H,106,126)(H,107,120)(H,108,119)(H4,84,85,92)(H4,86,87,93)(H4,88,89,94)/t44-,50-,51-,52-,53-,54-,55-,56-,57-,58-,59-,60-,61-/m0/s1. The molecule has 0 bridgehead atoms. The first-order chi connectivity index (χ1) is 60.0. The number of nitrogens with one attached hydrogen (secondary N) is 21. The molecule has 1 saturated heterocycles. The Morgan fingerprint density at radius 3 is 1.36 bits per heavy atom. The van der Waals surface area contributed by atoms with Gasteiger partial charge in [-0.1, -0.05) is 52.0 Å². The summed E-state index contributed by atoms with van der Waals surface area (Å²) in [5, 5.41) is 87.3. The molecule has 0 aliphatic carbocycles. The van der Waals surface area contributed by atoms with Crippen LogP contribution in [0, 0.1) is 28.1 Å². The molecule has 16 amide bonds. The van der Waals surface area contributed by atoms with Gasteiger partial charge in [-0.05, 0) is 145 Å². The number of guanidine groups is 3. The number of ketones is 1. The predicted molar refractivity (Wildman–Crippen MR) is 461 cm³/mol. The number of hydrogen-bond acceptors (Lipinski definition) is 24. The summed E-state index contributed by atoms with van der Waals surface area (Å²) in [6.45, 7) is 9.16. The van der Waals surface area contributed by atoms with Crippen molar-refractivity contribution in [2.24, 2.45) is 46.2 Å². The molecule has 2 heterocycles. The zero-order valence-corrected chi connectivity index (χ0v) is 72.2. The second kappa shape index (κ2) is 54.7. The lowest BCUT2D eigenvalue weighted by Crippen LogP contribution is -2.61. The van der Waals surface area contributed by atoms with Gasteiger partial charge < -0.3 is 135 Å². The number of rotatable bonds is 47. The van der Waals surface area contributed by atoms with Crippen LogP contribution in [0.2, 0.25) is 0 Å². The fraction of sp³-hybridized carbons (Fsp3) is 0.562. The van der Waals surface area contributed by atoms with Crippen molar-refractivity contribution >= 4 is 118 Å². The molecule has 3 aromatic rings. The minimum absolute atomic E-state index is 0.00618. The molecule has 700 valence electrons. The van der Waals surface area contributed by atoms with E-state index in [0.717, 1.165) is 0 Å². The number of carbonyl (C=O) groups is 17. The van der Waals surface area contributed by atoms with E-state index >= 15 is 9.59 Å². The Morgan fingerprint density at radius 1 is 0.488 bits per heavy atom. The molecule has 0 saturated carbocycles. The third-order valence-electron chi connectivity index (χ3n) is 19.8. The first-order valence-corrected chi connectivity index (χ1v) is 41.7. The highest BCUT2D eigenvalue weighted by atomic mass is 16.3. The monoisotopic (exact) mass is 1780 g/mol. The van der Waals surface area contributed by atoms with Crippen molar-refractivity contribution in [3.05, 3.63) is 77.9 Å². The molecule has 127 heavy (non-hydrogen) atoms. The number of aromatic nitrogens is 2. The van der Waals surface area contributed by atoms with E-state index in [9.17, 15) is 82.1 Å². The van der Waals surface area contributed by atoms with Gasteiger partial charge in [-0.15, -0.1) is 0 Å². The number of nitrogens with two attached hydrogens (primary N) is 6. The molecule has 4 rings (SSSR count). The molecule has 0 unspecified atom stereocenters. The summed E-state index contributed by atoms with van der Waals surface area (Å²) in [5.74, 6) is -18.6. The zero-order chi connectivity index (χ0) is 94.6. The molecule has 13 atom stereocenters. The number of carbonyl (C=O) groups excluding carboxylic acids is 17. The van der Waals surface area contributed by atoms with Crippen LogP contribution in [-0.2, 0) is 101 Å². The van der Waals surface area contributed by atoms with Crippen LogP contribution in [0.5, 0.6) is 11.5 Å². The second-order valence-electron chi connectivity index (χ2n) is 31.7. The number of aromatic hydroxyl groups is 2. The Hall–Kier alpha value is -13.8. The largest absolute Gasteiger partial charge is 0.508 e. The van der Waals surface area contributed by atoms with Gasteiger partial charge in [0.1, 0.15) is 89.8 Å². The Balaban J connectivity index is 1.79. The fourth-order valence-electron chi connectivity index (χ4n) is 13.0. The van der Waals surface area contributed by atoms with Crippen molar-refractivity contribution in [3.8, 4) is 11.5 Å². The summed E-state index contributed by atoms with van der Waals surface area (Å²) in [7, 11) is 0. The summed E-state index contributed by atoms with van der Waals surface area (Å²) < 4.78 is 0. The molecule has 0 spiro atoms. The molecule has 0 radical (unpaired) electrons. The highest BCUT2D eigenvalue weighted by molar-refractivity contribution is 6.01. The normalized spacial score (nSPS) is 17.9. The minimum atomic E-state index is -1.89. The predicted octanol–water partition coefficient (Wildman–Crippen LogP) is -7.18. The number of aromatic amines is 1. The van der Waals surface area contributed by atoms with E-state index in [1.54, 1.807) is 27.7 Å². The van der Waals surface area contributed by atoms with Gasteiger partial charge in [-0.2, -0.15) is 0 Å². The Bertz CT molecular complexity index is 4270. The number of H-pyrrole nitrogens is 1. The highest BCUT2D eigenvalue weighted by Gasteiger charge is 2.39. The molecule has 47 heteroatoms. The van der Waals surface area contributed by atoms with Crippen molar-refractivity contribution in [1.29, 1.82) is 16.2 Å². The van der Waals surface area contributed by atoms with Gasteiger partial charge in [0.25, 0.3) is 0 Å². The van der Waals surface area contributed by atoms with E-state index in [0.29, 0.717) is 16.8 Å². The summed E-state index contributed by atoms with van der Waals surface area (Å²) in [6.07, 6.45) is -2.35. The fourth-order valence-corrected chi connectivity index (χ4v) is 13.0. The number of benzene rings is 2. The van der Waals surface area contributed by atoms with Gasteiger partial charge in [0.05, 0.1) is 25.3 Å². The van der Waals surface area contributed by atoms with E-state index < -0.39 is 229 Å². The quantitative estimate of drug-likeness (QED) is 0.0142. The first-order valence-electron chi connectivity index (χ1n) is 41.7. The smallest absolute Gasteiger partial charge is 0.243 e. The summed E-state index contributed by atoms with van der Waals surface area (Å²) in [4.78, 5) is 247. The van der Waals surface area contributed by atoms with Gasteiger partial charge in [0, 0.05) is 70.2 Å². The topological polar surface area (TPSA) is 792 Å². The lowest BCUT2D eigenvalue weighted by Gasteiger charge is -2.29. The average Bonchev–Trinajstić information content (AvgIpc) is 0.928. The number of phenolic OH excluding ortho intramolecular Hbond substituents is 2. The third kappa shape index (κ3) is 41.5. The maximum Gasteiger partial charge on any atom is 0.243 e. The van der Waals surface area contributed by atoms with Gasteiger partial charge in [-0.25, -0.2) is 4.98 Å². The van der Waals surface area contributed by atoms with Crippen LogP contribution in [0.1, 0.15) is 161 Å². The number of amides is 16. The number of phenols is 2. The molecule has 1 fully saturated rings. The van der Waals surface area contributed by atoms with E-state index in [-0.39, 0.29) is 146 Å². The van der Waals surface area contributed by atoms with Crippen molar-refractivity contribution in [2.75, 3.05) is 32.7 Å². The second-order valence-corrected chi connectivity index (χ2v) is 31.7. The Morgan fingerprint density at radius 2 is 0.913 bits per heavy atom. The highest BCUT2D eigenvalue weighted by Crippen LogP contribution is 2.18. The van der Waals surface area contributed by atoms with Gasteiger partial charge in [-0.3, -0.25) is 103 Å². The average molecular weight is 1780 g/mol. The number of imidazole rings is 1. The molecule has 1 aliphatic heterocycles. The molecule has 1 aliphatic rings. The van der Waals surface area contributed by atoms with Crippen LogP contribution in [0.25, 0.3) is 0 Å². The van der Waals surface area contributed by atoms with E-state index in [2.05, 4.69) is 100 Å². The van der Waals surface area contributed by atoms with E-state index in [4.69, 9.17) is 50.6 Å². The van der Waals surface area contributed by atoms with Crippen LogP contribution in [0.3, 0.4) is 0 Å². The number of Topliss-reactive ketones (excluding diaryl/α,β-unsaturated/α-hetero) is 1. The first kappa shape index (κ1) is 106. The van der Waals surface area contributed by atoms with Crippen LogP contribution < -0.4 is 125 Å². The van der Waals surface area contributed by atoms with Crippen LogP contribution in [-0.4, -0.2) is 250 Å². The molecule has 2 aromatic carbocycles. The Kier molecular flexibility index (Phi) is 45.5. The molecular formula is C80H126N28O19. The molecule has 1 aromatic heterocycles. The lowest BCUT2D eigenvalue weighted by molar-refractivity contribution is -0.137. The van der Waals surface area contributed by atoms with Gasteiger partial charge in [0.2, 0.25) is 94.5 Å².